The lowest BCUT2D eigenvalue weighted by atomic mass is 10.0. The van der Waals surface area contributed by atoms with Gasteiger partial charge in [0.1, 0.15) is 0 Å². The Morgan fingerprint density at radius 3 is 2.73 bits per heavy atom. The second kappa shape index (κ2) is 4.72. The molecule has 0 aliphatic carbocycles. The van der Waals surface area contributed by atoms with Crippen LogP contribution in [0.2, 0.25) is 0 Å². The van der Waals surface area contributed by atoms with Gasteiger partial charge in [-0.25, -0.2) is 13.6 Å². The van der Waals surface area contributed by atoms with Gasteiger partial charge in [0.15, 0.2) is 0 Å². The number of benzene rings is 1. The van der Waals surface area contributed by atoms with E-state index in [2.05, 4.69) is 5.32 Å². The molecule has 0 spiro atoms. The Labute approximate surface area is 86.3 Å². The fraction of sp³-hybridized carbons (Fsp3) is 0.300. The summed E-state index contributed by atoms with van der Waals surface area (Å²) in [7, 11) is 0. The fourth-order valence-electron chi connectivity index (χ4n) is 1.31. The van der Waals surface area contributed by atoms with E-state index in [4.69, 9.17) is 5.73 Å². The highest BCUT2D eigenvalue weighted by molar-refractivity contribution is 5.71. The van der Waals surface area contributed by atoms with Gasteiger partial charge < -0.3 is 11.1 Å². The van der Waals surface area contributed by atoms with Gasteiger partial charge in [-0.2, -0.15) is 0 Å². The van der Waals surface area contributed by atoms with Gasteiger partial charge in [0, 0.05) is 12.1 Å². The molecular formula is C10H12F2N2O. The quantitative estimate of drug-likeness (QED) is 0.795. The van der Waals surface area contributed by atoms with E-state index in [1.165, 1.54) is 12.1 Å². The van der Waals surface area contributed by atoms with Crippen molar-refractivity contribution in [2.24, 2.45) is 5.73 Å². The van der Waals surface area contributed by atoms with Crippen molar-refractivity contribution >= 4 is 6.03 Å². The minimum atomic E-state index is -2.50. The molecule has 0 unspecified atom stereocenters. The van der Waals surface area contributed by atoms with Gasteiger partial charge >= 0.3 is 6.03 Å². The highest BCUT2D eigenvalue weighted by Crippen LogP contribution is 2.24. The van der Waals surface area contributed by atoms with Crippen LogP contribution in [0.1, 0.15) is 23.1 Å². The summed E-state index contributed by atoms with van der Waals surface area (Å²) in [6.07, 6.45) is -2.50. The predicted molar refractivity (Wildman–Crippen MR) is 52.6 cm³/mol. The maximum Gasteiger partial charge on any atom is 0.312 e. The third kappa shape index (κ3) is 2.90. The van der Waals surface area contributed by atoms with E-state index in [0.29, 0.717) is 11.1 Å². The summed E-state index contributed by atoms with van der Waals surface area (Å²) in [4.78, 5) is 10.5. The number of urea groups is 1. The minimum absolute atomic E-state index is 0.0150. The Morgan fingerprint density at radius 1 is 1.53 bits per heavy atom. The molecule has 1 rings (SSSR count). The standard InChI is InChI=1S/C10H12F2N2O/c1-6-7(5-14-10(13)15)3-2-4-8(6)9(11)12/h2-4,9H,5H2,1H3,(H3,13,14,15). The van der Waals surface area contributed by atoms with Crippen LogP contribution < -0.4 is 11.1 Å². The fourth-order valence-corrected chi connectivity index (χ4v) is 1.31. The van der Waals surface area contributed by atoms with Crippen LogP contribution in [0.3, 0.4) is 0 Å². The molecule has 15 heavy (non-hydrogen) atoms. The first-order chi connectivity index (χ1) is 7.02. The summed E-state index contributed by atoms with van der Waals surface area (Å²) in [5.41, 5.74) is 6.01. The predicted octanol–water partition coefficient (Wildman–Crippen LogP) is 2.10. The molecule has 0 aromatic heterocycles. The number of carbonyl (C=O) groups excluding carboxylic acids is 1. The Morgan fingerprint density at radius 2 is 2.20 bits per heavy atom. The van der Waals surface area contributed by atoms with Gasteiger partial charge in [-0.05, 0) is 18.1 Å². The molecule has 0 radical (unpaired) electrons. The van der Waals surface area contributed by atoms with Crippen molar-refractivity contribution in [2.45, 2.75) is 19.9 Å². The van der Waals surface area contributed by atoms with Crippen molar-refractivity contribution in [3.8, 4) is 0 Å². The first-order valence-electron chi connectivity index (χ1n) is 4.42. The van der Waals surface area contributed by atoms with Crippen LogP contribution in [-0.2, 0) is 6.54 Å². The number of primary amides is 1. The molecule has 1 aromatic rings. The molecule has 0 fully saturated rings. The van der Waals surface area contributed by atoms with Gasteiger partial charge in [-0.1, -0.05) is 18.2 Å². The maximum absolute atomic E-state index is 12.5. The second-order valence-corrected chi connectivity index (χ2v) is 3.15. The zero-order valence-corrected chi connectivity index (χ0v) is 8.26. The molecule has 0 bridgehead atoms. The van der Waals surface area contributed by atoms with E-state index >= 15 is 0 Å². The summed E-state index contributed by atoms with van der Waals surface area (Å²) in [6.45, 7) is 1.77. The van der Waals surface area contributed by atoms with Crippen molar-refractivity contribution in [3.63, 3.8) is 0 Å². The molecule has 82 valence electrons. The van der Waals surface area contributed by atoms with E-state index in [0.717, 1.165) is 0 Å². The molecule has 3 N–H and O–H groups in total. The molecule has 0 atom stereocenters. The monoisotopic (exact) mass is 214 g/mol. The molecule has 5 heteroatoms. The van der Waals surface area contributed by atoms with E-state index in [1.807, 2.05) is 0 Å². The van der Waals surface area contributed by atoms with Crippen molar-refractivity contribution < 1.29 is 13.6 Å². The lowest BCUT2D eigenvalue weighted by Crippen LogP contribution is -2.29. The molecular weight excluding hydrogens is 202 g/mol. The lowest BCUT2D eigenvalue weighted by molar-refractivity contribution is 0.150. The second-order valence-electron chi connectivity index (χ2n) is 3.15. The SMILES string of the molecule is Cc1c(CNC(N)=O)cccc1C(F)F. The normalized spacial score (nSPS) is 10.4. The van der Waals surface area contributed by atoms with Crippen molar-refractivity contribution in [2.75, 3.05) is 0 Å². The van der Waals surface area contributed by atoms with E-state index in [9.17, 15) is 13.6 Å². The zero-order chi connectivity index (χ0) is 11.4. The summed E-state index contributed by atoms with van der Waals surface area (Å²) >= 11 is 0. The summed E-state index contributed by atoms with van der Waals surface area (Å²) in [5, 5.41) is 2.36. The van der Waals surface area contributed by atoms with Gasteiger partial charge in [-0.3, -0.25) is 0 Å². The number of hydrogen-bond donors (Lipinski definition) is 2. The van der Waals surface area contributed by atoms with Crippen LogP contribution in [0.5, 0.6) is 0 Å². The maximum atomic E-state index is 12.5. The third-order valence-electron chi connectivity index (χ3n) is 2.18. The Bertz CT molecular complexity index is 366. The first-order valence-corrected chi connectivity index (χ1v) is 4.42. The van der Waals surface area contributed by atoms with E-state index < -0.39 is 12.5 Å². The number of nitrogens with two attached hydrogens (primary N) is 1. The molecule has 1 aromatic carbocycles. The average Bonchev–Trinajstić information content (AvgIpc) is 2.15. The molecule has 0 heterocycles. The molecule has 2 amide bonds. The molecule has 0 aliphatic heterocycles. The summed E-state index contributed by atoms with van der Waals surface area (Å²) in [6, 6.07) is 3.91. The van der Waals surface area contributed by atoms with Crippen LogP contribution in [-0.4, -0.2) is 6.03 Å². The number of rotatable bonds is 3. The van der Waals surface area contributed by atoms with Crippen LogP contribution >= 0.6 is 0 Å². The number of halogens is 2. The summed E-state index contributed by atoms with van der Waals surface area (Å²) < 4.78 is 25.0. The highest BCUT2D eigenvalue weighted by atomic mass is 19.3. The smallest absolute Gasteiger partial charge is 0.312 e. The molecule has 3 nitrogen and oxygen atoms in total. The Kier molecular flexibility index (Phi) is 3.60. The number of nitrogens with one attached hydrogen (secondary N) is 1. The molecule has 0 saturated heterocycles. The van der Waals surface area contributed by atoms with Crippen LogP contribution in [0, 0.1) is 6.92 Å². The Hall–Kier alpha value is -1.65. The number of carbonyl (C=O) groups is 1. The van der Waals surface area contributed by atoms with Crippen molar-refractivity contribution in [1.29, 1.82) is 0 Å². The van der Waals surface area contributed by atoms with E-state index in [-0.39, 0.29) is 12.1 Å². The van der Waals surface area contributed by atoms with Gasteiger partial charge in [-0.15, -0.1) is 0 Å². The van der Waals surface area contributed by atoms with Crippen molar-refractivity contribution in [3.05, 3.63) is 34.9 Å². The van der Waals surface area contributed by atoms with Crippen LogP contribution in [0.25, 0.3) is 0 Å². The first kappa shape index (κ1) is 11.4. The minimum Gasteiger partial charge on any atom is -0.352 e. The highest BCUT2D eigenvalue weighted by Gasteiger charge is 2.12. The number of hydrogen-bond acceptors (Lipinski definition) is 1. The zero-order valence-electron chi connectivity index (χ0n) is 8.26. The topological polar surface area (TPSA) is 55.1 Å². The summed E-state index contributed by atoms with van der Waals surface area (Å²) in [5.74, 6) is 0. The Balaban J connectivity index is 2.89. The largest absolute Gasteiger partial charge is 0.352 e. The van der Waals surface area contributed by atoms with Gasteiger partial charge in [0.05, 0.1) is 0 Å². The average molecular weight is 214 g/mol. The number of amides is 2. The molecule has 0 saturated carbocycles. The van der Waals surface area contributed by atoms with Gasteiger partial charge in [0.2, 0.25) is 0 Å². The number of alkyl halides is 2. The molecule has 0 aliphatic rings. The third-order valence-corrected chi connectivity index (χ3v) is 2.18. The lowest BCUT2D eigenvalue weighted by Gasteiger charge is -2.10. The van der Waals surface area contributed by atoms with Gasteiger partial charge in [0.25, 0.3) is 6.43 Å². The van der Waals surface area contributed by atoms with Crippen LogP contribution in [0.4, 0.5) is 13.6 Å². The van der Waals surface area contributed by atoms with Crippen LogP contribution in [0.15, 0.2) is 18.2 Å². The van der Waals surface area contributed by atoms with Crippen molar-refractivity contribution in [1.82, 2.24) is 5.32 Å². The van der Waals surface area contributed by atoms with E-state index in [1.54, 1.807) is 13.0 Å².